The molecule has 1 unspecified atom stereocenters. The molecule has 0 aliphatic rings. The molecule has 1 N–H and O–H groups in total. The number of aryl methyl sites for hydroxylation is 1. The first-order chi connectivity index (χ1) is 9.65. The monoisotopic (exact) mass is 335 g/mol. The van der Waals surface area contributed by atoms with Crippen molar-refractivity contribution >= 4 is 15.9 Å². The second-order valence-corrected chi connectivity index (χ2v) is 5.95. The number of halogens is 1. The molecule has 0 amide bonds. The van der Waals surface area contributed by atoms with Crippen LogP contribution in [0.25, 0.3) is 11.3 Å². The molecule has 0 fully saturated rings. The zero-order valence-corrected chi connectivity index (χ0v) is 14.0. The summed E-state index contributed by atoms with van der Waals surface area (Å²) in [6.07, 6.45) is 2.12. The molecule has 0 aliphatic carbocycles. The fourth-order valence-electron chi connectivity index (χ4n) is 2.29. The van der Waals surface area contributed by atoms with Crippen molar-refractivity contribution in [2.45, 2.75) is 39.7 Å². The van der Waals surface area contributed by atoms with Crippen molar-refractivity contribution in [3.63, 3.8) is 0 Å². The second kappa shape index (κ2) is 7.09. The van der Waals surface area contributed by atoms with Crippen LogP contribution in [0.5, 0.6) is 0 Å². The summed E-state index contributed by atoms with van der Waals surface area (Å²) in [6, 6.07) is 10.7. The Morgan fingerprint density at radius 3 is 2.70 bits per heavy atom. The van der Waals surface area contributed by atoms with Gasteiger partial charge in [-0.1, -0.05) is 29.8 Å². The van der Waals surface area contributed by atoms with Gasteiger partial charge in [0.05, 0.1) is 6.04 Å². The maximum Gasteiger partial charge on any atom is 0.134 e. The first-order valence-corrected chi connectivity index (χ1v) is 8.06. The van der Waals surface area contributed by atoms with Gasteiger partial charge in [0.1, 0.15) is 11.5 Å². The molecule has 0 saturated heterocycles. The van der Waals surface area contributed by atoms with Crippen LogP contribution in [0.15, 0.2) is 39.2 Å². The van der Waals surface area contributed by atoms with E-state index >= 15 is 0 Å². The van der Waals surface area contributed by atoms with E-state index in [1.165, 1.54) is 11.1 Å². The van der Waals surface area contributed by atoms with E-state index in [1.807, 2.05) is 0 Å². The standard InChI is InChI=1S/C17H22BrNO/c1-4-10-19-12(3)16-8-9-17(20-16)15-7-6-14(18)11-13(15)5-2/h6-9,11-12,19H,4-5,10H2,1-3H3. The summed E-state index contributed by atoms with van der Waals surface area (Å²) in [6.45, 7) is 7.49. The predicted octanol–water partition coefficient (Wildman–Crippen LogP) is 5.33. The third kappa shape index (κ3) is 3.53. The van der Waals surface area contributed by atoms with Gasteiger partial charge in [-0.2, -0.15) is 0 Å². The Balaban J connectivity index is 2.24. The van der Waals surface area contributed by atoms with Gasteiger partial charge in [0, 0.05) is 10.0 Å². The first kappa shape index (κ1) is 15.3. The second-order valence-electron chi connectivity index (χ2n) is 5.03. The van der Waals surface area contributed by atoms with Crippen molar-refractivity contribution in [2.75, 3.05) is 6.54 Å². The summed E-state index contributed by atoms with van der Waals surface area (Å²) >= 11 is 3.53. The van der Waals surface area contributed by atoms with E-state index in [9.17, 15) is 0 Å². The molecular weight excluding hydrogens is 314 g/mol. The van der Waals surface area contributed by atoms with Gasteiger partial charge in [0.25, 0.3) is 0 Å². The van der Waals surface area contributed by atoms with Crippen molar-refractivity contribution in [3.8, 4) is 11.3 Å². The molecule has 0 bridgehead atoms. The highest BCUT2D eigenvalue weighted by Crippen LogP contribution is 2.30. The van der Waals surface area contributed by atoms with E-state index in [1.54, 1.807) is 0 Å². The van der Waals surface area contributed by atoms with Crippen LogP contribution in [0.4, 0.5) is 0 Å². The van der Waals surface area contributed by atoms with Crippen molar-refractivity contribution < 1.29 is 4.42 Å². The number of rotatable bonds is 6. The fourth-order valence-corrected chi connectivity index (χ4v) is 2.70. The van der Waals surface area contributed by atoms with Crippen molar-refractivity contribution in [1.82, 2.24) is 5.32 Å². The Kier molecular flexibility index (Phi) is 5.44. The normalized spacial score (nSPS) is 12.6. The van der Waals surface area contributed by atoms with Crippen LogP contribution in [-0.2, 0) is 6.42 Å². The Morgan fingerprint density at radius 1 is 1.20 bits per heavy atom. The molecular formula is C17H22BrNO. The molecule has 1 aromatic carbocycles. The average Bonchev–Trinajstić information content (AvgIpc) is 2.94. The highest BCUT2D eigenvalue weighted by atomic mass is 79.9. The molecule has 20 heavy (non-hydrogen) atoms. The Labute approximate surface area is 129 Å². The maximum atomic E-state index is 6.03. The van der Waals surface area contributed by atoms with Gasteiger partial charge in [0.2, 0.25) is 0 Å². The minimum atomic E-state index is 0.254. The molecule has 2 aromatic rings. The minimum Gasteiger partial charge on any atom is -0.459 e. The topological polar surface area (TPSA) is 25.2 Å². The molecule has 0 saturated carbocycles. The fraction of sp³-hybridized carbons (Fsp3) is 0.412. The summed E-state index contributed by atoms with van der Waals surface area (Å²) in [5, 5.41) is 3.45. The predicted molar refractivity (Wildman–Crippen MR) is 87.9 cm³/mol. The van der Waals surface area contributed by atoms with Crippen molar-refractivity contribution in [1.29, 1.82) is 0 Å². The third-order valence-corrected chi connectivity index (χ3v) is 3.96. The summed E-state index contributed by atoms with van der Waals surface area (Å²) in [5.74, 6) is 1.95. The molecule has 0 spiro atoms. The van der Waals surface area contributed by atoms with E-state index in [2.05, 4.69) is 72.3 Å². The lowest BCUT2D eigenvalue weighted by atomic mass is 10.0. The highest BCUT2D eigenvalue weighted by molar-refractivity contribution is 9.10. The Hall–Kier alpha value is -1.06. The summed E-state index contributed by atoms with van der Waals surface area (Å²) in [4.78, 5) is 0. The minimum absolute atomic E-state index is 0.254. The number of hydrogen-bond acceptors (Lipinski definition) is 2. The van der Waals surface area contributed by atoms with Gasteiger partial charge in [-0.05, 0) is 62.2 Å². The molecule has 2 rings (SSSR count). The lowest BCUT2D eigenvalue weighted by Gasteiger charge is -2.10. The van der Waals surface area contributed by atoms with Gasteiger partial charge in [-0.15, -0.1) is 0 Å². The molecule has 2 nitrogen and oxygen atoms in total. The molecule has 1 atom stereocenters. The van der Waals surface area contributed by atoms with E-state index in [-0.39, 0.29) is 6.04 Å². The molecule has 1 aromatic heterocycles. The van der Waals surface area contributed by atoms with Gasteiger partial charge in [-0.25, -0.2) is 0 Å². The Bertz CT molecular complexity index is 562. The zero-order valence-electron chi connectivity index (χ0n) is 12.4. The number of nitrogens with one attached hydrogen (secondary N) is 1. The van der Waals surface area contributed by atoms with Crippen LogP contribution in [0.3, 0.4) is 0 Å². The van der Waals surface area contributed by atoms with E-state index in [0.717, 1.165) is 35.4 Å². The summed E-state index contributed by atoms with van der Waals surface area (Å²) < 4.78 is 7.15. The van der Waals surface area contributed by atoms with Crippen molar-refractivity contribution in [2.24, 2.45) is 0 Å². The van der Waals surface area contributed by atoms with Gasteiger partial charge in [-0.3, -0.25) is 0 Å². The number of hydrogen-bond donors (Lipinski definition) is 1. The highest BCUT2D eigenvalue weighted by Gasteiger charge is 2.12. The van der Waals surface area contributed by atoms with Gasteiger partial charge < -0.3 is 9.73 Å². The summed E-state index contributed by atoms with van der Waals surface area (Å²) in [5.41, 5.74) is 2.49. The molecule has 1 heterocycles. The number of benzene rings is 1. The maximum absolute atomic E-state index is 6.03. The van der Waals surface area contributed by atoms with Crippen molar-refractivity contribution in [3.05, 3.63) is 46.1 Å². The third-order valence-electron chi connectivity index (χ3n) is 3.47. The van der Waals surface area contributed by atoms with Crippen LogP contribution in [-0.4, -0.2) is 6.54 Å². The largest absolute Gasteiger partial charge is 0.459 e. The van der Waals surface area contributed by atoms with E-state index < -0.39 is 0 Å². The molecule has 108 valence electrons. The van der Waals surface area contributed by atoms with Crippen LogP contribution in [0, 0.1) is 0 Å². The van der Waals surface area contributed by atoms with Crippen LogP contribution in [0.2, 0.25) is 0 Å². The zero-order chi connectivity index (χ0) is 14.5. The first-order valence-electron chi connectivity index (χ1n) is 7.27. The van der Waals surface area contributed by atoms with Crippen LogP contribution >= 0.6 is 15.9 Å². The van der Waals surface area contributed by atoms with Gasteiger partial charge >= 0.3 is 0 Å². The quantitative estimate of drug-likeness (QED) is 0.771. The smallest absolute Gasteiger partial charge is 0.134 e. The summed E-state index contributed by atoms with van der Waals surface area (Å²) in [7, 11) is 0. The lowest BCUT2D eigenvalue weighted by Crippen LogP contribution is -2.18. The number of furan rings is 1. The van der Waals surface area contributed by atoms with E-state index in [4.69, 9.17) is 4.42 Å². The van der Waals surface area contributed by atoms with Crippen LogP contribution in [0.1, 0.15) is 44.6 Å². The lowest BCUT2D eigenvalue weighted by molar-refractivity contribution is 0.438. The average molecular weight is 336 g/mol. The SMILES string of the molecule is CCCNC(C)c1ccc(-c2ccc(Br)cc2CC)o1. The van der Waals surface area contributed by atoms with E-state index in [0.29, 0.717) is 0 Å². The molecule has 0 radical (unpaired) electrons. The molecule has 3 heteroatoms. The Morgan fingerprint density at radius 2 is 2.00 bits per heavy atom. The van der Waals surface area contributed by atoms with Gasteiger partial charge in [0.15, 0.2) is 0 Å². The van der Waals surface area contributed by atoms with Crippen LogP contribution < -0.4 is 5.32 Å². The molecule has 0 aliphatic heterocycles.